The van der Waals surface area contributed by atoms with Gasteiger partial charge in [-0.05, 0) is 17.7 Å². The third-order valence-electron chi connectivity index (χ3n) is 2.94. The van der Waals surface area contributed by atoms with Gasteiger partial charge in [0.1, 0.15) is 5.01 Å². The van der Waals surface area contributed by atoms with E-state index in [1.165, 1.54) is 11.3 Å². The number of pyridine rings is 1. The summed E-state index contributed by atoms with van der Waals surface area (Å²) < 4.78 is 0. The minimum atomic E-state index is -0.194. The first kappa shape index (κ1) is 15.6. The molecule has 0 saturated heterocycles. The van der Waals surface area contributed by atoms with E-state index >= 15 is 0 Å². The summed E-state index contributed by atoms with van der Waals surface area (Å²) in [5.74, 6) is 0.459. The number of rotatable bonds is 6. The lowest BCUT2D eigenvalue weighted by atomic mass is 10.2. The average molecular weight is 342 g/mol. The number of carbonyl (C=O) groups excluding carboxylic acids is 1. The maximum Gasteiger partial charge on any atom is 0.282 e. The fraction of sp³-hybridized carbons (Fsp3) is 0.125. The Bertz CT molecular complexity index is 762. The molecular weight excluding hydrogens is 328 g/mol. The SMILES string of the molecule is O=C(NCc1ccccc1)c1nnc(CSc2ccccn2)s1. The molecule has 5 nitrogen and oxygen atoms in total. The number of aromatic nitrogens is 3. The van der Waals surface area contributed by atoms with Crippen molar-refractivity contribution in [3.8, 4) is 0 Å². The van der Waals surface area contributed by atoms with Gasteiger partial charge < -0.3 is 5.32 Å². The van der Waals surface area contributed by atoms with E-state index in [2.05, 4.69) is 20.5 Å². The van der Waals surface area contributed by atoms with Crippen LogP contribution in [0.5, 0.6) is 0 Å². The standard InChI is InChI=1S/C16H14N4OS2/c21-15(18-10-12-6-2-1-3-7-12)16-20-19-14(23-16)11-22-13-8-4-5-9-17-13/h1-9H,10-11H2,(H,18,21). The average Bonchev–Trinajstić information content (AvgIpc) is 3.09. The van der Waals surface area contributed by atoms with Crippen molar-refractivity contribution in [3.63, 3.8) is 0 Å². The molecule has 7 heteroatoms. The van der Waals surface area contributed by atoms with Crippen LogP contribution in [0.1, 0.15) is 20.4 Å². The highest BCUT2D eigenvalue weighted by Crippen LogP contribution is 2.22. The topological polar surface area (TPSA) is 67.8 Å². The van der Waals surface area contributed by atoms with Gasteiger partial charge in [-0.3, -0.25) is 4.79 Å². The zero-order valence-corrected chi connectivity index (χ0v) is 13.8. The van der Waals surface area contributed by atoms with Gasteiger partial charge in [-0.2, -0.15) is 0 Å². The Balaban J connectivity index is 1.53. The molecule has 2 aromatic heterocycles. The molecule has 0 aliphatic carbocycles. The summed E-state index contributed by atoms with van der Waals surface area (Å²) in [6.07, 6.45) is 1.75. The monoisotopic (exact) mass is 342 g/mol. The molecule has 0 aliphatic heterocycles. The number of thioether (sulfide) groups is 1. The van der Waals surface area contributed by atoms with Crippen LogP contribution in [-0.2, 0) is 12.3 Å². The summed E-state index contributed by atoms with van der Waals surface area (Å²) in [7, 11) is 0. The highest BCUT2D eigenvalue weighted by Gasteiger charge is 2.12. The first-order valence-electron chi connectivity index (χ1n) is 6.99. The van der Waals surface area contributed by atoms with E-state index < -0.39 is 0 Å². The fourth-order valence-electron chi connectivity index (χ4n) is 1.83. The van der Waals surface area contributed by atoms with E-state index in [0.717, 1.165) is 15.6 Å². The second-order valence-electron chi connectivity index (χ2n) is 4.63. The van der Waals surface area contributed by atoms with Crippen LogP contribution in [0.15, 0.2) is 59.8 Å². The molecular formula is C16H14N4OS2. The van der Waals surface area contributed by atoms with Gasteiger partial charge in [-0.1, -0.05) is 59.5 Å². The van der Waals surface area contributed by atoms with Crippen LogP contribution < -0.4 is 5.32 Å². The largest absolute Gasteiger partial charge is 0.346 e. The third kappa shape index (κ3) is 4.61. The van der Waals surface area contributed by atoms with E-state index in [0.29, 0.717) is 17.3 Å². The number of benzene rings is 1. The summed E-state index contributed by atoms with van der Waals surface area (Å²) in [6, 6.07) is 15.5. The summed E-state index contributed by atoms with van der Waals surface area (Å²) in [5.41, 5.74) is 1.05. The van der Waals surface area contributed by atoms with E-state index in [1.54, 1.807) is 18.0 Å². The predicted molar refractivity (Wildman–Crippen MR) is 91.3 cm³/mol. The van der Waals surface area contributed by atoms with Crippen molar-refractivity contribution in [2.45, 2.75) is 17.3 Å². The normalized spacial score (nSPS) is 10.4. The molecule has 0 unspecified atom stereocenters. The first-order valence-corrected chi connectivity index (χ1v) is 8.80. The van der Waals surface area contributed by atoms with Gasteiger partial charge in [-0.15, -0.1) is 10.2 Å². The lowest BCUT2D eigenvalue weighted by Crippen LogP contribution is -2.22. The number of carbonyl (C=O) groups is 1. The van der Waals surface area contributed by atoms with E-state index in [-0.39, 0.29) is 5.91 Å². The van der Waals surface area contributed by atoms with Gasteiger partial charge in [0.15, 0.2) is 0 Å². The van der Waals surface area contributed by atoms with Crippen LogP contribution in [0, 0.1) is 0 Å². The van der Waals surface area contributed by atoms with Crippen molar-refractivity contribution in [2.75, 3.05) is 0 Å². The Morgan fingerprint density at radius 1 is 1.09 bits per heavy atom. The van der Waals surface area contributed by atoms with Crippen LogP contribution >= 0.6 is 23.1 Å². The van der Waals surface area contributed by atoms with Crippen LogP contribution in [0.25, 0.3) is 0 Å². The van der Waals surface area contributed by atoms with Crippen molar-refractivity contribution in [2.24, 2.45) is 0 Å². The highest BCUT2D eigenvalue weighted by atomic mass is 32.2. The molecule has 116 valence electrons. The van der Waals surface area contributed by atoms with Crippen molar-refractivity contribution in [1.82, 2.24) is 20.5 Å². The van der Waals surface area contributed by atoms with Crippen molar-refractivity contribution in [3.05, 3.63) is 70.3 Å². The Labute approximate surface area is 142 Å². The smallest absolute Gasteiger partial charge is 0.282 e. The lowest BCUT2D eigenvalue weighted by Gasteiger charge is -2.02. The zero-order chi connectivity index (χ0) is 15.9. The van der Waals surface area contributed by atoms with Gasteiger partial charge in [0.2, 0.25) is 5.01 Å². The van der Waals surface area contributed by atoms with Gasteiger partial charge in [0.25, 0.3) is 5.91 Å². The lowest BCUT2D eigenvalue weighted by molar-refractivity contribution is 0.0950. The predicted octanol–water partition coefficient (Wildman–Crippen LogP) is 3.16. The molecule has 3 aromatic rings. The van der Waals surface area contributed by atoms with E-state index in [4.69, 9.17) is 0 Å². The Morgan fingerprint density at radius 3 is 2.70 bits per heavy atom. The van der Waals surface area contributed by atoms with Gasteiger partial charge in [-0.25, -0.2) is 4.98 Å². The maximum absolute atomic E-state index is 12.1. The fourth-order valence-corrected chi connectivity index (χ4v) is 3.43. The van der Waals surface area contributed by atoms with Crippen LogP contribution in [-0.4, -0.2) is 21.1 Å². The molecule has 0 radical (unpaired) electrons. The molecule has 0 atom stereocenters. The molecule has 0 bridgehead atoms. The molecule has 0 fully saturated rings. The number of nitrogens with one attached hydrogen (secondary N) is 1. The molecule has 1 amide bonds. The first-order chi connectivity index (χ1) is 11.3. The maximum atomic E-state index is 12.1. The third-order valence-corrected chi connectivity index (χ3v) is 5.00. The minimum Gasteiger partial charge on any atom is -0.346 e. The van der Waals surface area contributed by atoms with Gasteiger partial charge >= 0.3 is 0 Å². The number of nitrogens with zero attached hydrogens (tertiary/aromatic N) is 3. The minimum absolute atomic E-state index is 0.194. The second kappa shape index (κ2) is 7.85. The summed E-state index contributed by atoms with van der Waals surface area (Å²) in [5, 5.41) is 13.0. The molecule has 1 aromatic carbocycles. The summed E-state index contributed by atoms with van der Waals surface area (Å²) in [4.78, 5) is 16.3. The molecule has 3 rings (SSSR count). The molecule has 23 heavy (non-hydrogen) atoms. The number of hydrogen-bond donors (Lipinski definition) is 1. The second-order valence-corrected chi connectivity index (χ2v) is 6.68. The number of amides is 1. The number of hydrogen-bond acceptors (Lipinski definition) is 6. The Morgan fingerprint density at radius 2 is 1.91 bits per heavy atom. The van der Waals surface area contributed by atoms with Crippen LogP contribution in [0.2, 0.25) is 0 Å². The highest BCUT2D eigenvalue weighted by molar-refractivity contribution is 7.98. The van der Waals surface area contributed by atoms with E-state index in [9.17, 15) is 4.79 Å². The van der Waals surface area contributed by atoms with Crippen molar-refractivity contribution in [1.29, 1.82) is 0 Å². The molecule has 0 saturated carbocycles. The van der Waals surface area contributed by atoms with Crippen LogP contribution in [0.3, 0.4) is 0 Å². The van der Waals surface area contributed by atoms with Gasteiger partial charge in [0, 0.05) is 12.7 Å². The Hall–Kier alpha value is -2.25. The van der Waals surface area contributed by atoms with Crippen LogP contribution in [0.4, 0.5) is 0 Å². The van der Waals surface area contributed by atoms with Crippen molar-refractivity contribution >= 4 is 29.0 Å². The van der Waals surface area contributed by atoms with Gasteiger partial charge in [0.05, 0.1) is 10.8 Å². The Kier molecular flexibility index (Phi) is 5.33. The summed E-state index contributed by atoms with van der Waals surface area (Å²) >= 11 is 2.89. The van der Waals surface area contributed by atoms with Crippen molar-refractivity contribution < 1.29 is 4.79 Å². The molecule has 0 aliphatic rings. The molecule has 1 N–H and O–H groups in total. The molecule has 0 spiro atoms. The van der Waals surface area contributed by atoms with E-state index in [1.807, 2.05) is 48.5 Å². The zero-order valence-electron chi connectivity index (χ0n) is 12.2. The summed E-state index contributed by atoms with van der Waals surface area (Å²) in [6.45, 7) is 0.483. The molecule has 2 heterocycles. The quantitative estimate of drug-likeness (QED) is 0.697.